The van der Waals surface area contributed by atoms with Gasteiger partial charge in [-0.15, -0.1) is 0 Å². The smallest absolute Gasteiger partial charge is 0.207 e. The summed E-state index contributed by atoms with van der Waals surface area (Å²) < 4.78 is 5.20. The predicted molar refractivity (Wildman–Crippen MR) is 37.6 cm³/mol. The monoisotopic (exact) mass is 143 g/mol. The summed E-state index contributed by atoms with van der Waals surface area (Å²) >= 11 is 0. The Hall–Kier alpha value is -0.570. The van der Waals surface area contributed by atoms with Crippen LogP contribution in [0.2, 0.25) is 0 Å². The second kappa shape index (κ2) is 2.58. The Morgan fingerprint density at radius 3 is 2.80 bits per heavy atom. The number of rotatable bonds is 2. The molecule has 1 aliphatic rings. The van der Waals surface area contributed by atoms with Crippen LogP contribution in [0.3, 0.4) is 0 Å². The van der Waals surface area contributed by atoms with Gasteiger partial charge in [-0.2, -0.15) is 0 Å². The third kappa shape index (κ3) is 1.29. The van der Waals surface area contributed by atoms with Crippen molar-refractivity contribution in [2.24, 2.45) is 5.41 Å². The van der Waals surface area contributed by atoms with E-state index >= 15 is 0 Å². The second-order valence-corrected chi connectivity index (χ2v) is 3.34. The van der Waals surface area contributed by atoms with Crippen molar-refractivity contribution in [3.63, 3.8) is 0 Å². The molecule has 0 aromatic carbocycles. The van der Waals surface area contributed by atoms with E-state index < -0.39 is 0 Å². The summed E-state index contributed by atoms with van der Waals surface area (Å²) in [5.41, 5.74) is 0.0981. The molecule has 0 aromatic rings. The molecule has 1 aliphatic heterocycles. The lowest BCUT2D eigenvalue weighted by Crippen LogP contribution is -2.39. The van der Waals surface area contributed by atoms with Gasteiger partial charge in [0, 0.05) is 5.41 Å². The minimum Gasteiger partial charge on any atom is -0.379 e. The predicted octanol–water partition coefficient (Wildman–Crippen LogP) is 0.157. The molecule has 58 valence electrons. The summed E-state index contributed by atoms with van der Waals surface area (Å²) in [6.45, 7) is 5.55. The topological polar surface area (TPSA) is 38.3 Å². The molecule has 3 heteroatoms. The van der Waals surface area contributed by atoms with Gasteiger partial charge in [0.2, 0.25) is 6.41 Å². The van der Waals surface area contributed by atoms with E-state index in [0.29, 0.717) is 6.61 Å². The Bertz CT molecular complexity index is 134. The van der Waals surface area contributed by atoms with E-state index in [4.69, 9.17) is 4.74 Å². The van der Waals surface area contributed by atoms with Gasteiger partial charge in [0.05, 0.1) is 19.3 Å². The highest BCUT2D eigenvalue weighted by molar-refractivity contribution is 5.47. The average Bonchev–Trinajstić information content (AvgIpc) is 2.13. The number of hydrogen-bond acceptors (Lipinski definition) is 2. The van der Waals surface area contributed by atoms with Gasteiger partial charge >= 0.3 is 0 Å². The Kier molecular flexibility index (Phi) is 1.94. The van der Waals surface area contributed by atoms with Crippen molar-refractivity contribution in [2.45, 2.75) is 19.9 Å². The molecule has 0 aliphatic carbocycles. The highest BCUT2D eigenvalue weighted by atomic mass is 16.5. The Morgan fingerprint density at radius 1 is 1.70 bits per heavy atom. The average molecular weight is 143 g/mol. The summed E-state index contributed by atoms with van der Waals surface area (Å²) in [5.74, 6) is 0. The SMILES string of the molecule is CC1(C)COCC1NC=O. The van der Waals surface area contributed by atoms with E-state index in [2.05, 4.69) is 19.2 Å². The second-order valence-electron chi connectivity index (χ2n) is 3.34. The third-order valence-electron chi connectivity index (χ3n) is 1.97. The van der Waals surface area contributed by atoms with Crippen molar-refractivity contribution in [3.05, 3.63) is 0 Å². The molecule has 1 heterocycles. The Labute approximate surface area is 60.7 Å². The normalized spacial score (nSPS) is 30.0. The molecule has 1 N–H and O–H groups in total. The van der Waals surface area contributed by atoms with Gasteiger partial charge in [-0.25, -0.2) is 0 Å². The van der Waals surface area contributed by atoms with E-state index in [1.165, 1.54) is 0 Å². The summed E-state index contributed by atoms with van der Waals surface area (Å²) in [6.07, 6.45) is 0.737. The number of nitrogens with one attached hydrogen (secondary N) is 1. The van der Waals surface area contributed by atoms with Gasteiger partial charge in [0.1, 0.15) is 0 Å². The Balaban J connectivity index is 2.50. The fourth-order valence-electron chi connectivity index (χ4n) is 1.12. The molecule has 1 rings (SSSR count). The zero-order valence-electron chi connectivity index (χ0n) is 6.39. The zero-order chi connectivity index (χ0) is 7.61. The van der Waals surface area contributed by atoms with Crippen LogP contribution in [0.4, 0.5) is 0 Å². The molecule has 0 bridgehead atoms. The van der Waals surface area contributed by atoms with Crippen LogP contribution in [0.1, 0.15) is 13.8 Å². The number of hydrogen-bond donors (Lipinski definition) is 1. The lowest BCUT2D eigenvalue weighted by Gasteiger charge is -2.23. The molecule has 1 unspecified atom stereocenters. The Morgan fingerprint density at radius 2 is 2.40 bits per heavy atom. The van der Waals surface area contributed by atoms with Gasteiger partial charge in [-0.1, -0.05) is 13.8 Å². The van der Waals surface area contributed by atoms with Gasteiger partial charge in [0.25, 0.3) is 0 Å². The molecule has 0 aromatic heterocycles. The molecule has 1 fully saturated rings. The van der Waals surface area contributed by atoms with E-state index in [9.17, 15) is 4.79 Å². The number of carbonyl (C=O) groups is 1. The molecule has 1 amide bonds. The molecule has 10 heavy (non-hydrogen) atoms. The first-order chi connectivity index (χ1) is 4.67. The largest absolute Gasteiger partial charge is 0.379 e. The highest BCUT2D eigenvalue weighted by Gasteiger charge is 2.35. The molecular formula is C7H13NO2. The van der Waals surface area contributed by atoms with Gasteiger partial charge in [-0.3, -0.25) is 4.79 Å². The summed E-state index contributed by atoms with van der Waals surface area (Å²) in [7, 11) is 0. The number of carbonyl (C=O) groups excluding carboxylic acids is 1. The zero-order valence-corrected chi connectivity index (χ0v) is 6.39. The minimum atomic E-state index is 0.0981. The van der Waals surface area contributed by atoms with Crippen LogP contribution in [0.25, 0.3) is 0 Å². The third-order valence-corrected chi connectivity index (χ3v) is 1.97. The van der Waals surface area contributed by atoms with Crippen LogP contribution in [0, 0.1) is 5.41 Å². The van der Waals surface area contributed by atoms with Crippen molar-refractivity contribution in [2.75, 3.05) is 13.2 Å². The fraction of sp³-hybridized carbons (Fsp3) is 0.857. The van der Waals surface area contributed by atoms with Crippen molar-refractivity contribution < 1.29 is 9.53 Å². The van der Waals surface area contributed by atoms with Crippen molar-refractivity contribution in [1.82, 2.24) is 5.32 Å². The first-order valence-corrected chi connectivity index (χ1v) is 3.44. The van der Waals surface area contributed by atoms with E-state index in [1.807, 2.05) is 0 Å². The maximum Gasteiger partial charge on any atom is 0.207 e. The van der Waals surface area contributed by atoms with Crippen molar-refractivity contribution in [3.8, 4) is 0 Å². The van der Waals surface area contributed by atoms with E-state index in [-0.39, 0.29) is 11.5 Å². The van der Waals surface area contributed by atoms with Crippen LogP contribution in [-0.4, -0.2) is 25.7 Å². The standard InChI is InChI=1S/C7H13NO2/c1-7(2)4-10-3-6(7)8-5-9/h5-6H,3-4H2,1-2H3,(H,8,9). The van der Waals surface area contributed by atoms with Crippen LogP contribution in [0.15, 0.2) is 0 Å². The molecule has 0 spiro atoms. The van der Waals surface area contributed by atoms with Crippen LogP contribution >= 0.6 is 0 Å². The maximum atomic E-state index is 10.1. The maximum absolute atomic E-state index is 10.1. The summed E-state index contributed by atoms with van der Waals surface area (Å²) in [5, 5.41) is 2.73. The number of amides is 1. The van der Waals surface area contributed by atoms with Crippen LogP contribution < -0.4 is 5.32 Å². The van der Waals surface area contributed by atoms with Crippen LogP contribution in [0.5, 0.6) is 0 Å². The molecule has 1 atom stereocenters. The first kappa shape index (κ1) is 7.54. The lowest BCUT2D eigenvalue weighted by molar-refractivity contribution is -0.110. The first-order valence-electron chi connectivity index (χ1n) is 3.44. The van der Waals surface area contributed by atoms with E-state index in [0.717, 1.165) is 13.0 Å². The summed E-state index contributed by atoms with van der Waals surface area (Å²) in [6, 6.07) is 0.185. The molecule has 0 radical (unpaired) electrons. The minimum absolute atomic E-state index is 0.0981. The van der Waals surface area contributed by atoms with Gasteiger partial charge < -0.3 is 10.1 Å². The molecular weight excluding hydrogens is 130 g/mol. The van der Waals surface area contributed by atoms with Gasteiger partial charge in [-0.05, 0) is 0 Å². The summed E-state index contributed by atoms with van der Waals surface area (Å²) in [4.78, 5) is 10.1. The van der Waals surface area contributed by atoms with Gasteiger partial charge in [0.15, 0.2) is 0 Å². The highest BCUT2D eigenvalue weighted by Crippen LogP contribution is 2.26. The van der Waals surface area contributed by atoms with Crippen LogP contribution in [-0.2, 0) is 9.53 Å². The van der Waals surface area contributed by atoms with E-state index in [1.54, 1.807) is 0 Å². The number of ether oxygens (including phenoxy) is 1. The lowest BCUT2D eigenvalue weighted by atomic mass is 9.88. The molecule has 1 saturated heterocycles. The molecule has 3 nitrogen and oxygen atoms in total. The fourth-order valence-corrected chi connectivity index (χ4v) is 1.12. The van der Waals surface area contributed by atoms with Crippen molar-refractivity contribution in [1.29, 1.82) is 0 Å². The van der Waals surface area contributed by atoms with Crippen molar-refractivity contribution >= 4 is 6.41 Å². The quantitative estimate of drug-likeness (QED) is 0.559. The molecule has 0 saturated carbocycles.